The van der Waals surface area contributed by atoms with E-state index in [1.54, 1.807) is 0 Å². The van der Waals surface area contributed by atoms with E-state index in [0.29, 0.717) is 12.2 Å². The molecule has 1 aromatic carbocycles. The third-order valence-corrected chi connectivity index (χ3v) is 7.02. The van der Waals surface area contributed by atoms with E-state index in [2.05, 4.69) is 4.72 Å². The monoisotopic (exact) mass is 383 g/mol. The van der Waals surface area contributed by atoms with Gasteiger partial charge in [0.1, 0.15) is 5.69 Å². The molecule has 0 amide bonds. The highest BCUT2D eigenvalue weighted by molar-refractivity contribution is 7.89. The number of anilines is 1. The molecule has 2 aliphatic rings. The standard InChI is InChI=1S/C17H25N3O5S/c1-18-26(24,25)12-8-9-15(16(11-12)20(22)23)19-10-4-6-14(19)13-5-2-3-7-17(13)21/h8-9,11,13-14,17-18,21H,2-7,10H2,1H3. The van der Waals surface area contributed by atoms with Gasteiger partial charge in [-0.25, -0.2) is 13.1 Å². The van der Waals surface area contributed by atoms with Crippen molar-refractivity contribution in [3.63, 3.8) is 0 Å². The van der Waals surface area contributed by atoms with Crippen molar-refractivity contribution in [1.29, 1.82) is 0 Å². The molecule has 0 bridgehead atoms. The lowest BCUT2D eigenvalue weighted by atomic mass is 9.80. The summed E-state index contributed by atoms with van der Waals surface area (Å²) < 4.78 is 26.1. The topological polar surface area (TPSA) is 113 Å². The number of rotatable bonds is 5. The zero-order valence-corrected chi connectivity index (χ0v) is 15.6. The van der Waals surface area contributed by atoms with Crippen LogP contribution in [-0.4, -0.2) is 44.2 Å². The molecule has 26 heavy (non-hydrogen) atoms. The molecule has 1 aliphatic heterocycles. The maximum Gasteiger partial charge on any atom is 0.293 e. The van der Waals surface area contributed by atoms with Crippen LogP contribution in [-0.2, 0) is 10.0 Å². The number of nitrogens with zero attached hydrogens (tertiary/aromatic N) is 2. The number of nitro benzene ring substituents is 1. The molecule has 2 N–H and O–H groups in total. The number of aliphatic hydroxyl groups is 1. The average molecular weight is 383 g/mol. The Kier molecular flexibility index (Phi) is 5.50. The third kappa shape index (κ3) is 3.56. The summed E-state index contributed by atoms with van der Waals surface area (Å²) in [7, 11) is -2.48. The summed E-state index contributed by atoms with van der Waals surface area (Å²) in [4.78, 5) is 12.9. The molecule has 1 aromatic rings. The molecular formula is C17H25N3O5S. The normalized spacial score (nSPS) is 26.8. The van der Waals surface area contributed by atoms with E-state index in [9.17, 15) is 23.6 Å². The van der Waals surface area contributed by atoms with Gasteiger partial charge < -0.3 is 10.0 Å². The molecule has 0 spiro atoms. The van der Waals surface area contributed by atoms with Crippen LogP contribution in [0.3, 0.4) is 0 Å². The SMILES string of the molecule is CNS(=O)(=O)c1ccc(N2CCCC2C2CCCCC2O)c([N+](=O)[O-])c1. The second-order valence-electron chi connectivity index (χ2n) is 7.03. The minimum Gasteiger partial charge on any atom is -0.393 e. The molecule has 8 nitrogen and oxygen atoms in total. The van der Waals surface area contributed by atoms with Gasteiger partial charge in [0.15, 0.2) is 0 Å². The summed E-state index contributed by atoms with van der Waals surface area (Å²) >= 11 is 0. The van der Waals surface area contributed by atoms with E-state index in [0.717, 1.165) is 44.6 Å². The first kappa shape index (κ1) is 19.1. The number of hydrogen-bond acceptors (Lipinski definition) is 6. The van der Waals surface area contributed by atoms with Crippen molar-refractivity contribution >= 4 is 21.4 Å². The Labute approximate surface area is 153 Å². The summed E-state index contributed by atoms with van der Waals surface area (Å²) in [6.07, 6.45) is 5.18. The molecule has 144 valence electrons. The lowest BCUT2D eigenvalue weighted by molar-refractivity contribution is -0.384. The van der Waals surface area contributed by atoms with Crippen LogP contribution in [0.5, 0.6) is 0 Å². The highest BCUT2D eigenvalue weighted by Crippen LogP contribution is 2.40. The largest absolute Gasteiger partial charge is 0.393 e. The van der Waals surface area contributed by atoms with Crippen LogP contribution in [0.1, 0.15) is 38.5 Å². The smallest absolute Gasteiger partial charge is 0.293 e. The average Bonchev–Trinajstić information content (AvgIpc) is 3.10. The Hall–Kier alpha value is -1.71. The van der Waals surface area contributed by atoms with Gasteiger partial charge in [-0.05, 0) is 44.9 Å². The van der Waals surface area contributed by atoms with Crippen LogP contribution >= 0.6 is 0 Å². The van der Waals surface area contributed by atoms with Crippen LogP contribution in [0.4, 0.5) is 11.4 Å². The number of nitrogens with one attached hydrogen (secondary N) is 1. The maximum atomic E-state index is 12.0. The highest BCUT2D eigenvalue weighted by Gasteiger charge is 2.39. The van der Waals surface area contributed by atoms with Gasteiger partial charge in [-0.15, -0.1) is 0 Å². The Morgan fingerprint density at radius 2 is 1.96 bits per heavy atom. The van der Waals surface area contributed by atoms with Crippen LogP contribution in [0.15, 0.2) is 23.1 Å². The lowest BCUT2D eigenvalue weighted by Crippen LogP contribution is -2.43. The van der Waals surface area contributed by atoms with Gasteiger partial charge in [0.05, 0.1) is 15.9 Å². The summed E-state index contributed by atoms with van der Waals surface area (Å²) in [5, 5.41) is 22.0. The zero-order chi connectivity index (χ0) is 18.9. The summed E-state index contributed by atoms with van der Waals surface area (Å²) in [6, 6.07) is 4.10. The minimum atomic E-state index is -3.75. The molecule has 1 saturated carbocycles. The zero-order valence-electron chi connectivity index (χ0n) is 14.8. The van der Waals surface area contributed by atoms with Gasteiger partial charge in [-0.2, -0.15) is 0 Å². The van der Waals surface area contributed by atoms with Gasteiger partial charge >= 0.3 is 0 Å². The fourth-order valence-electron chi connectivity index (χ4n) is 4.30. The molecule has 1 aliphatic carbocycles. The van der Waals surface area contributed by atoms with Gasteiger partial charge in [0.2, 0.25) is 10.0 Å². The van der Waals surface area contributed by atoms with Crippen molar-refractivity contribution in [2.45, 2.75) is 55.6 Å². The Morgan fingerprint density at radius 3 is 2.62 bits per heavy atom. The Morgan fingerprint density at radius 1 is 1.23 bits per heavy atom. The van der Waals surface area contributed by atoms with Crippen molar-refractivity contribution in [3.05, 3.63) is 28.3 Å². The molecule has 3 rings (SSSR count). The summed E-state index contributed by atoms with van der Waals surface area (Å²) in [5.74, 6) is 0.103. The fraction of sp³-hybridized carbons (Fsp3) is 0.647. The van der Waals surface area contributed by atoms with E-state index >= 15 is 0 Å². The summed E-state index contributed by atoms with van der Waals surface area (Å²) in [5.41, 5.74) is 0.226. The molecule has 0 radical (unpaired) electrons. The number of aliphatic hydroxyl groups excluding tert-OH is 1. The van der Waals surface area contributed by atoms with Crippen molar-refractivity contribution in [2.24, 2.45) is 5.92 Å². The Balaban J connectivity index is 1.98. The molecule has 3 atom stereocenters. The van der Waals surface area contributed by atoms with E-state index in [-0.39, 0.29) is 28.6 Å². The predicted octanol–water partition coefficient (Wildman–Crippen LogP) is 2.02. The van der Waals surface area contributed by atoms with E-state index in [1.165, 1.54) is 19.2 Å². The fourth-order valence-corrected chi connectivity index (χ4v) is 5.05. The summed E-state index contributed by atoms with van der Waals surface area (Å²) in [6.45, 7) is 0.673. The number of sulfonamides is 1. The van der Waals surface area contributed by atoms with Gasteiger partial charge in [-0.1, -0.05) is 12.8 Å². The van der Waals surface area contributed by atoms with Crippen LogP contribution in [0.25, 0.3) is 0 Å². The minimum absolute atomic E-state index is 0.0516. The first-order chi connectivity index (χ1) is 12.3. The van der Waals surface area contributed by atoms with Crippen LogP contribution in [0, 0.1) is 16.0 Å². The van der Waals surface area contributed by atoms with E-state index in [1.807, 2.05) is 4.90 Å². The molecule has 3 unspecified atom stereocenters. The first-order valence-electron chi connectivity index (χ1n) is 9.02. The van der Waals surface area contributed by atoms with Gasteiger partial charge in [-0.3, -0.25) is 10.1 Å². The van der Waals surface area contributed by atoms with Crippen molar-refractivity contribution in [1.82, 2.24) is 4.72 Å². The second-order valence-corrected chi connectivity index (χ2v) is 8.92. The van der Waals surface area contributed by atoms with Crippen LogP contribution < -0.4 is 9.62 Å². The quantitative estimate of drug-likeness (QED) is 0.594. The maximum absolute atomic E-state index is 12.0. The van der Waals surface area contributed by atoms with Gasteiger partial charge in [0, 0.05) is 24.6 Å². The molecule has 1 saturated heterocycles. The van der Waals surface area contributed by atoms with Crippen LogP contribution in [0.2, 0.25) is 0 Å². The predicted molar refractivity (Wildman–Crippen MR) is 97.7 cm³/mol. The van der Waals surface area contributed by atoms with Crippen molar-refractivity contribution in [2.75, 3.05) is 18.5 Å². The van der Waals surface area contributed by atoms with E-state index in [4.69, 9.17) is 0 Å². The van der Waals surface area contributed by atoms with E-state index < -0.39 is 14.9 Å². The first-order valence-corrected chi connectivity index (χ1v) is 10.5. The molecule has 1 heterocycles. The third-order valence-electron chi connectivity index (χ3n) is 5.61. The molecule has 9 heteroatoms. The molecular weight excluding hydrogens is 358 g/mol. The molecule has 0 aromatic heterocycles. The number of benzene rings is 1. The second kappa shape index (κ2) is 7.50. The highest BCUT2D eigenvalue weighted by atomic mass is 32.2. The number of nitro groups is 1. The number of hydrogen-bond donors (Lipinski definition) is 2. The lowest BCUT2D eigenvalue weighted by Gasteiger charge is -2.38. The van der Waals surface area contributed by atoms with Gasteiger partial charge in [0.25, 0.3) is 5.69 Å². The van der Waals surface area contributed by atoms with Crippen molar-refractivity contribution < 1.29 is 18.4 Å². The molecule has 2 fully saturated rings. The Bertz CT molecular complexity index is 783. The van der Waals surface area contributed by atoms with Crippen molar-refractivity contribution in [3.8, 4) is 0 Å².